The third-order valence-electron chi connectivity index (χ3n) is 5.76. The molecule has 1 fully saturated rings. The van der Waals surface area contributed by atoms with Gasteiger partial charge < -0.3 is 19.8 Å². The van der Waals surface area contributed by atoms with E-state index in [0.717, 1.165) is 11.3 Å². The molecule has 1 amide bonds. The molecular formula is C22H25N5O4. The predicted molar refractivity (Wildman–Crippen MR) is 112 cm³/mol. The molecule has 0 bridgehead atoms. The van der Waals surface area contributed by atoms with Gasteiger partial charge in [-0.2, -0.15) is 0 Å². The first-order valence-electron chi connectivity index (χ1n) is 10.2. The Morgan fingerprint density at radius 2 is 1.94 bits per heavy atom. The number of piperidine rings is 1. The summed E-state index contributed by atoms with van der Waals surface area (Å²) in [6, 6.07) is 16.8. The number of aliphatic hydroxyl groups is 2. The van der Waals surface area contributed by atoms with Crippen molar-refractivity contribution >= 4 is 5.91 Å². The van der Waals surface area contributed by atoms with Crippen LogP contribution >= 0.6 is 0 Å². The number of aromatic nitrogens is 4. The van der Waals surface area contributed by atoms with Crippen LogP contribution in [0.15, 0.2) is 60.9 Å². The third kappa shape index (κ3) is 4.73. The number of benzene rings is 2. The smallest absolute Gasteiger partial charge is 0.260 e. The van der Waals surface area contributed by atoms with Crippen LogP contribution in [0.1, 0.15) is 12.0 Å². The lowest BCUT2D eigenvalue weighted by Crippen LogP contribution is -2.57. The molecule has 2 N–H and O–H groups in total. The Morgan fingerprint density at radius 1 is 1.16 bits per heavy atom. The molecule has 0 spiro atoms. The van der Waals surface area contributed by atoms with Gasteiger partial charge in [-0.05, 0) is 53.1 Å². The molecule has 0 saturated carbocycles. The molecule has 2 heterocycles. The predicted octanol–water partition coefficient (Wildman–Crippen LogP) is 0.856. The van der Waals surface area contributed by atoms with Crippen molar-refractivity contribution in [1.29, 1.82) is 0 Å². The highest BCUT2D eigenvalue weighted by Gasteiger charge is 2.43. The molecule has 0 aliphatic carbocycles. The van der Waals surface area contributed by atoms with Crippen molar-refractivity contribution < 1.29 is 19.7 Å². The number of hydrogen-bond donors (Lipinski definition) is 2. The minimum Gasteiger partial charge on any atom is -0.484 e. The average Bonchev–Trinajstić information content (AvgIpc) is 3.35. The molecule has 2 aromatic carbocycles. The molecule has 0 unspecified atom stereocenters. The average molecular weight is 423 g/mol. The van der Waals surface area contributed by atoms with Crippen molar-refractivity contribution in [2.75, 3.05) is 26.3 Å². The maximum Gasteiger partial charge on any atom is 0.260 e. The summed E-state index contributed by atoms with van der Waals surface area (Å²) in [5, 5.41) is 31.8. The number of nitrogens with zero attached hydrogens (tertiary/aromatic N) is 5. The molecule has 9 nitrogen and oxygen atoms in total. The second kappa shape index (κ2) is 9.23. The number of amides is 1. The Hall–Kier alpha value is -3.30. The van der Waals surface area contributed by atoms with Crippen LogP contribution in [0.25, 0.3) is 5.69 Å². The van der Waals surface area contributed by atoms with Crippen LogP contribution < -0.4 is 4.74 Å². The van der Waals surface area contributed by atoms with Crippen LogP contribution in [0.5, 0.6) is 5.75 Å². The number of carbonyl (C=O) groups excluding carboxylic acids is 1. The van der Waals surface area contributed by atoms with E-state index in [0.29, 0.717) is 25.1 Å². The summed E-state index contributed by atoms with van der Waals surface area (Å²) in [6.45, 7) is 0.387. The van der Waals surface area contributed by atoms with E-state index >= 15 is 0 Å². The zero-order valence-electron chi connectivity index (χ0n) is 17.0. The number of likely N-dealkylation sites (tertiary alicyclic amines) is 1. The molecule has 1 saturated heterocycles. The van der Waals surface area contributed by atoms with Gasteiger partial charge in [-0.25, -0.2) is 4.68 Å². The first-order chi connectivity index (χ1) is 15.1. The lowest BCUT2D eigenvalue weighted by atomic mass is 9.73. The van der Waals surface area contributed by atoms with Gasteiger partial charge in [0, 0.05) is 18.5 Å². The zero-order chi connectivity index (χ0) is 21.7. The van der Waals surface area contributed by atoms with E-state index < -0.39 is 11.5 Å². The van der Waals surface area contributed by atoms with Crippen molar-refractivity contribution in [2.45, 2.75) is 18.9 Å². The van der Waals surface area contributed by atoms with E-state index in [-0.39, 0.29) is 25.7 Å². The van der Waals surface area contributed by atoms with Crippen LogP contribution in [0.3, 0.4) is 0 Å². The topological polar surface area (TPSA) is 114 Å². The lowest BCUT2D eigenvalue weighted by molar-refractivity contribution is -0.143. The van der Waals surface area contributed by atoms with Crippen LogP contribution in [-0.2, 0) is 11.2 Å². The Bertz CT molecular complexity index is 981. The molecule has 1 aliphatic heterocycles. The van der Waals surface area contributed by atoms with E-state index in [1.165, 1.54) is 11.0 Å². The van der Waals surface area contributed by atoms with Crippen molar-refractivity contribution in [3.63, 3.8) is 0 Å². The second-order valence-electron chi connectivity index (χ2n) is 7.84. The molecule has 31 heavy (non-hydrogen) atoms. The monoisotopic (exact) mass is 423 g/mol. The highest BCUT2D eigenvalue weighted by Crippen LogP contribution is 2.34. The minimum atomic E-state index is -0.789. The fourth-order valence-corrected chi connectivity index (χ4v) is 3.96. The molecule has 4 rings (SSSR count). The number of ether oxygens (including phenoxy) is 1. The van der Waals surface area contributed by atoms with Gasteiger partial charge in [-0.3, -0.25) is 4.79 Å². The largest absolute Gasteiger partial charge is 0.484 e. The van der Waals surface area contributed by atoms with Crippen LogP contribution in [-0.4, -0.2) is 73.6 Å². The number of hydrogen-bond acceptors (Lipinski definition) is 7. The Morgan fingerprint density at radius 3 is 2.61 bits per heavy atom. The molecule has 1 aliphatic rings. The Labute approximate surface area is 179 Å². The molecule has 2 atom stereocenters. The second-order valence-corrected chi connectivity index (χ2v) is 7.84. The highest BCUT2D eigenvalue weighted by molar-refractivity contribution is 5.78. The number of carbonyl (C=O) groups is 1. The van der Waals surface area contributed by atoms with Gasteiger partial charge in [0.15, 0.2) is 6.61 Å². The van der Waals surface area contributed by atoms with E-state index in [1.807, 2.05) is 30.3 Å². The van der Waals surface area contributed by atoms with Crippen LogP contribution in [0.4, 0.5) is 0 Å². The fourth-order valence-electron chi connectivity index (χ4n) is 3.96. The van der Waals surface area contributed by atoms with Gasteiger partial charge in [0.25, 0.3) is 5.91 Å². The molecule has 3 aromatic rings. The van der Waals surface area contributed by atoms with Crippen molar-refractivity contribution in [1.82, 2.24) is 25.1 Å². The Balaban J connectivity index is 1.38. The first kappa shape index (κ1) is 21.0. The number of rotatable bonds is 7. The summed E-state index contributed by atoms with van der Waals surface area (Å²) >= 11 is 0. The van der Waals surface area contributed by atoms with Gasteiger partial charge in [-0.1, -0.05) is 30.3 Å². The van der Waals surface area contributed by atoms with Crippen molar-refractivity contribution in [3.05, 3.63) is 66.5 Å². The minimum absolute atomic E-state index is 0.118. The van der Waals surface area contributed by atoms with Gasteiger partial charge in [0.2, 0.25) is 0 Å². The summed E-state index contributed by atoms with van der Waals surface area (Å²) in [5.74, 6) is 0.377. The summed E-state index contributed by atoms with van der Waals surface area (Å²) in [7, 11) is 0. The maximum atomic E-state index is 12.8. The quantitative estimate of drug-likeness (QED) is 0.579. The van der Waals surface area contributed by atoms with Crippen LogP contribution in [0, 0.1) is 5.41 Å². The molecule has 162 valence electrons. The summed E-state index contributed by atoms with van der Waals surface area (Å²) in [6.07, 6.45) is 1.73. The van der Waals surface area contributed by atoms with Gasteiger partial charge >= 0.3 is 0 Å². The molecule has 1 aromatic heterocycles. The molecule has 0 radical (unpaired) electrons. The molecule has 9 heteroatoms. The maximum absolute atomic E-state index is 12.8. The normalized spacial score (nSPS) is 21.1. The lowest BCUT2D eigenvalue weighted by Gasteiger charge is -2.45. The Kier molecular flexibility index (Phi) is 6.24. The van der Waals surface area contributed by atoms with E-state index in [4.69, 9.17) is 4.74 Å². The van der Waals surface area contributed by atoms with Gasteiger partial charge in [0.1, 0.15) is 12.1 Å². The summed E-state index contributed by atoms with van der Waals surface area (Å²) in [5.41, 5.74) is 1.01. The summed E-state index contributed by atoms with van der Waals surface area (Å²) < 4.78 is 7.19. The fraction of sp³-hybridized carbons (Fsp3) is 0.364. The van der Waals surface area contributed by atoms with Crippen molar-refractivity contribution in [3.8, 4) is 11.4 Å². The van der Waals surface area contributed by atoms with Crippen LogP contribution in [0.2, 0.25) is 0 Å². The van der Waals surface area contributed by atoms with E-state index in [9.17, 15) is 15.0 Å². The van der Waals surface area contributed by atoms with Gasteiger partial charge in [-0.15, -0.1) is 5.10 Å². The third-order valence-corrected chi connectivity index (χ3v) is 5.76. The number of aliphatic hydroxyl groups excluding tert-OH is 2. The summed E-state index contributed by atoms with van der Waals surface area (Å²) in [4.78, 5) is 14.5. The van der Waals surface area contributed by atoms with E-state index in [1.54, 1.807) is 29.2 Å². The zero-order valence-corrected chi connectivity index (χ0v) is 17.0. The van der Waals surface area contributed by atoms with Gasteiger partial charge in [0.05, 0.1) is 18.4 Å². The van der Waals surface area contributed by atoms with Crippen molar-refractivity contribution in [2.24, 2.45) is 5.41 Å². The highest BCUT2D eigenvalue weighted by atomic mass is 16.5. The standard InChI is InChI=1S/C22H25N5O4/c28-15-22(12-17-4-2-1-3-5-17)14-26(11-10-20(22)29)21(30)13-31-19-8-6-18(7-9-19)27-16-23-24-25-27/h1-9,16,20,28-29H,10-15H2/t20-,22+/m0/s1. The number of tetrazole rings is 1. The van der Waals surface area contributed by atoms with E-state index in [2.05, 4.69) is 15.5 Å². The SMILES string of the molecule is O=C(COc1ccc(-n2cnnn2)cc1)N1CC[C@H](O)[C@](CO)(Cc2ccccc2)C1. The molecular weight excluding hydrogens is 398 g/mol. The first-order valence-corrected chi connectivity index (χ1v) is 10.2.